The lowest BCUT2D eigenvalue weighted by Gasteiger charge is -2.31. The molecule has 0 bridgehead atoms. The van der Waals surface area contributed by atoms with Crippen LogP contribution in [0.15, 0.2) is 54.1 Å². The Morgan fingerprint density at radius 2 is 1.78 bits per heavy atom. The zero-order valence-electron chi connectivity index (χ0n) is 17.8. The maximum absolute atomic E-state index is 13.1. The van der Waals surface area contributed by atoms with Gasteiger partial charge in [0.2, 0.25) is 0 Å². The molecule has 2 aliphatic rings. The molecule has 0 aromatic heterocycles. The highest BCUT2D eigenvalue weighted by atomic mass is 35.5. The molecule has 2 aromatic rings. The van der Waals surface area contributed by atoms with Gasteiger partial charge in [0.15, 0.2) is 0 Å². The highest BCUT2D eigenvalue weighted by Crippen LogP contribution is 2.42. The largest absolute Gasteiger partial charge is 0.507 e. The van der Waals surface area contributed by atoms with Gasteiger partial charge < -0.3 is 19.5 Å². The zero-order valence-corrected chi connectivity index (χ0v) is 18.5. The number of ketones is 1. The van der Waals surface area contributed by atoms with Crippen LogP contribution < -0.4 is 4.74 Å². The Morgan fingerprint density at radius 3 is 2.47 bits per heavy atom. The van der Waals surface area contributed by atoms with Gasteiger partial charge in [-0.05, 0) is 30.3 Å². The Morgan fingerprint density at radius 1 is 1.09 bits per heavy atom. The molecule has 0 saturated carbocycles. The Balaban J connectivity index is 1.77. The number of nitrogens with zero attached hydrogens (tertiary/aromatic N) is 2. The molecular weight excluding hydrogens is 432 g/mol. The molecule has 2 aliphatic heterocycles. The molecule has 0 radical (unpaired) electrons. The number of aliphatic hydroxyl groups excluding tert-OH is 1. The van der Waals surface area contributed by atoms with Gasteiger partial charge >= 0.3 is 0 Å². The summed E-state index contributed by atoms with van der Waals surface area (Å²) in [6.45, 7) is 3.77. The number of halogens is 1. The fourth-order valence-electron chi connectivity index (χ4n) is 4.16. The van der Waals surface area contributed by atoms with Gasteiger partial charge in [0, 0.05) is 42.3 Å². The topological polar surface area (TPSA) is 79.3 Å². The molecule has 7 nitrogen and oxygen atoms in total. The first-order valence-corrected chi connectivity index (χ1v) is 10.9. The summed E-state index contributed by atoms with van der Waals surface area (Å²) in [6.07, 6.45) is 0. The van der Waals surface area contributed by atoms with Gasteiger partial charge in [0.05, 0.1) is 31.9 Å². The van der Waals surface area contributed by atoms with E-state index in [1.807, 2.05) is 18.2 Å². The molecule has 8 heteroatoms. The lowest BCUT2D eigenvalue weighted by atomic mass is 9.94. The summed E-state index contributed by atoms with van der Waals surface area (Å²) in [5.41, 5.74) is 1.11. The quantitative estimate of drug-likeness (QED) is 0.409. The molecule has 0 unspecified atom stereocenters. The third-order valence-corrected chi connectivity index (χ3v) is 6.10. The molecule has 2 saturated heterocycles. The van der Waals surface area contributed by atoms with Gasteiger partial charge in [-0.1, -0.05) is 29.8 Å². The number of benzene rings is 2. The van der Waals surface area contributed by atoms with Crippen LogP contribution in [0.5, 0.6) is 5.75 Å². The fraction of sp³-hybridized carbons (Fsp3) is 0.333. The third kappa shape index (κ3) is 4.37. The van der Waals surface area contributed by atoms with E-state index in [9.17, 15) is 14.7 Å². The standard InChI is InChI=1S/C24H25ClN2O5/c1-31-19-5-3-2-4-18(19)21-20(22(28)16-6-8-17(25)9-7-16)23(29)24(30)27(21)11-10-26-12-14-32-15-13-26/h2-9,21,28H,10-15H2,1H3/b22-20+/t21-/m1/s1. The van der Waals surface area contributed by atoms with Crippen LogP contribution in [0.3, 0.4) is 0 Å². The van der Waals surface area contributed by atoms with Crippen molar-refractivity contribution in [1.82, 2.24) is 9.80 Å². The predicted molar refractivity (Wildman–Crippen MR) is 121 cm³/mol. The van der Waals surface area contributed by atoms with Gasteiger partial charge in [0.25, 0.3) is 11.7 Å². The molecule has 1 N–H and O–H groups in total. The van der Waals surface area contributed by atoms with Crippen molar-refractivity contribution < 1.29 is 24.2 Å². The summed E-state index contributed by atoms with van der Waals surface area (Å²) < 4.78 is 10.9. The Kier molecular flexibility index (Phi) is 6.79. The summed E-state index contributed by atoms with van der Waals surface area (Å²) in [5.74, 6) is -1.04. The number of amides is 1. The molecule has 2 fully saturated rings. The number of rotatable bonds is 6. The maximum atomic E-state index is 13.1. The maximum Gasteiger partial charge on any atom is 0.295 e. The lowest BCUT2D eigenvalue weighted by molar-refractivity contribution is -0.140. The monoisotopic (exact) mass is 456 g/mol. The molecule has 2 heterocycles. The van der Waals surface area contributed by atoms with Crippen LogP contribution in [0.1, 0.15) is 17.2 Å². The Labute approximate surface area is 191 Å². The van der Waals surface area contributed by atoms with E-state index in [0.29, 0.717) is 48.2 Å². The number of para-hydroxylation sites is 1. The number of methoxy groups -OCH3 is 1. The van der Waals surface area contributed by atoms with E-state index in [-0.39, 0.29) is 11.3 Å². The number of morpholine rings is 1. The molecule has 2 aromatic carbocycles. The van der Waals surface area contributed by atoms with Crippen LogP contribution >= 0.6 is 11.6 Å². The van der Waals surface area contributed by atoms with E-state index >= 15 is 0 Å². The molecule has 1 amide bonds. The van der Waals surface area contributed by atoms with E-state index in [0.717, 1.165) is 13.1 Å². The van der Waals surface area contributed by atoms with E-state index in [4.69, 9.17) is 21.1 Å². The molecule has 4 rings (SSSR count). The minimum Gasteiger partial charge on any atom is -0.507 e. The second-order valence-corrected chi connectivity index (χ2v) is 8.13. The van der Waals surface area contributed by atoms with Crippen molar-refractivity contribution >= 4 is 29.1 Å². The highest BCUT2D eigenvalue weighted by molar-refractivity contribution is 6.46. The van der Waals surface area contributed by atoms with Crippen molar-refractivity contribution in [3.8, 4) is 5.75 Å². The summed E-state index contributed by atoms with van der Waals surface area (Å²) in [7, 11) is 1.54. The first-order chi connectivity index (χ1) is 15.5. The van der Waals surface area contributed by atoms with Crippen molar-refractivity contribution in [2.24, 2.45) is 0 Å². The summed E-state index contributed by atoms with van der Waals surface area (Å²) in [6, 6.07) is 13.0. The first-order valence-electron chi connectivity index (χ1n) is 10.5. The van der Waals surface area contributed by atoms with Crippen LogP contribution in [0, 0.1) is 0 Å². The van der Waals surface area contributed by atoms with E-state index in [1.165, 1.54) is 12.0 Å². The summed E-state index contributed by atoms with van der Waals surface area (Å²) in [5, 5.41) is 11.6. The minimum atomic E-state index is -0.761. The van der Waals surface area contributed by atoms with Gasteiger partial charge in [-0.2, -0.15) is 0 Å². The SMILES string of the molecule is COc1ccccc1[C@@H]1/C(=C(\O)c2ccc(Cl)cc2)C(=O)C(=O)N1CCN1CCOCC1. The number of hydrogen-bond donors (Lipinski definition) is 1. The van der Waals surface area contributed by atoms with Crippen molar-refractivity contribution in [3.63, 3.8) is 0 Å². The zero-order chi connectivity index (χ0) is 22.7. The lowest BCUT2D eigenvalue weighted by Crippen LogP contribution is -2.42. The van der Waals surface area contributed by atoms with E-state index in [2.05, 4.69) is 4.90 Å². The molecule has 168 valence electrons. The van der Waals surface area contributed by atoms with Crippen LogP contribution in [-0.4, -0.2) is 73.1 Å². The molecule has 0 spiro atoms. The fourth-order valence-corrected chi connectivity index (χ4v) is 4.29. The predicted octanol–water partition coefficient (Wildman–Crippen LogP) is 3.10. The number of carbonyl (C=O) groups is 2. The third-order valence-electron chi connectivity index (χ3n) is 5.85. The molecule has 32 heavy (non-hydrogen) atoms. The highest BCUT2D eigenvalue weighted by Gasteiger charge is 2.47. The van der Waals surface area contributed by atoms with Crippen LogP contribution in [-0.2, 0) is 14.3 Å². The second kappa shape index (κ2) is 9.73. The van der Waals surface area contributed by atoms with Crippen molar-refractivity contribution in [2.75, 3.05) is 46.5 Å². The second-order valence-electron chi connectivity index (χ2n) is 7.70. The number of Topliss-reactive ketones (excluding diaryl/α,β-unsaturated/α-hetero) is 1. The normalized spacial score (nSPS) is 21.2. The van der Waals surface area contributed by atoms with Gasteiger partial charge in [-0.3, -0.25) is 14.5 Å². The number of carbonyl (C=O) groups excluding carboxylic acids is 2. The number of hydrogen-bond acceptors (Lipinski definition) is 6. The number of likely N-dealkylation sites (tertiary alicyclic amines) is 1. The van der Waals surface area contributed by atoms with Crippen LogP contribution in [0.25, 0.3) is 5.76 Å². The van der Waals surface area contributed by atoms with Crippen molar-refractivity contribution in [1.29, 1.82) is 0 Å². The van der Waals surface area contributed by atoms with Gasteiger partial charge in [-0.15, -0.1) is 0 Å². The number of ether oxygens (including phenoxy) is 2. The molecular formula is C24H25ClN2O5. The molecule has 1 atom stereocenters. The van der Waals surface area contributed by atoms with Crippen molar-refractivity contribution in [2.45, 2.75) is 6.04 Å². The average molecular weight is 457 g/mol. The minimum absolute atomic E-state index is 0.0452. The van der Waals surface area contributed by atoms with E-state index in [1.54, 1.807) is 30.3 Å². The Hall–Kier alpha value is -2.87. The smallest absolute Gasteiger partial charge is 0.295 e. The van der Waals surface area contributed by atoms with Crippen LogP contribution in [0.4, 0.5) is 0 Å². The molecule has 0 aliphatic carbocycles. The van der Waals surface area contributed by atoms with E-state index < -0.39 is 17.7 Å². The number of aliphatic hydroxyl groups is 1. The Bertz CT molecular complexity index is 1030. The summed E-state index contributed by atoms with van der Waals surface area (Å²) >= 11 is 5.97. The van der Waals surface area contributed by atoms with Crippen molar-refractivity contribution in [3.05, 3.63) is 70.3 Å². The first kappa shape index (κ1) is 22.3. The summed E-state index contributed by atoms with van der Waals surface area (Å²) in [4.78, 5) is 29.9. The average Bonchev–Trinajstić information content (AvgIpc) is 3.08. The van der Waals surface area contributed by atoms with Gasteiger partial charge in [-0.25, -0.2) is 0 Å². The van der Waals surface area contributed by atoms with Crippen LogP contribution in [0.2, 0.25) is 5.02 Å². The van der Waals surface area contributed by atoms with Gasteiger partial charge in [0.1, 0.15) is 11.5 Å².